The van der Waals surface area contributed by atoms with E-state index in [2.05, 4.69) is 14.6 Å². The largest absolute Gasteiger partial charge is 0.381 e. The van der Waals surface area contributed by atoms with Crippen LogP contribution in [0.15, 0.2) is 6.20 Å². The SMILES string of the molecule is Nc1ncc(CN2CCc3nc(C4CCOCC4)nn3CC2)s1. The maximum atomic E-state index is 5.71. The Kier molecular flexibility index (Phi) is 4.28. The minimum Gasteiger partial charge on any atom is -0.381 e. The van der Waals surface area contributed by atoms with Crippen molar-refractivity contribution in [1.82, 2.24) is 24.6 Å². The average Bonchev–Trinajstić information content (AvgIpc) is 3.12. The minimum absolute atomic E-state index is 0.472. The molecule has 0 aliphatic carbocycles. The van der Waals surface area contributed by atoms with Gasteiger partial charge >= 0.3 is 0 Å². The van der Waals surface area contributed by atoms with Crippen LogP contribution >= 0.6 is 11.3 Å². The molecule has 4 heterocycles. The number of fused-ring (bicyclic) bond motifs is 1. The van der Waals surface area contributed by atoms with Gasteiger partial charge in [-0.15, -0.1) is 11.3 Å². The van der Waals surface area contributed by atoms with Gasteiger partial charge in [-0.05, 0) is 12.8 Å². The van der Waals surface area contributed by atoms with Gasteiger partial charge in [-0.1, -0.05) is 0 Å². The Morgan fingerprint density at radius 2 is 2.13 bits per heavy atom. The Hall–Kier alpha value is -1.51. The van der Waals surface area contributed by atoms with E-state index in [1.54, 1.807) is 11.3 Å². The predicted octanol–water partition coefficient (Wildman–Crippen LogP) is 1.27. The summed E-state index contributed by atoms with van der Waals surface area (Å²) in [6, 6.07) is 0. The second kappa shape index (κ2) is 6.54. The molecule has 2 aliphatic heterocycles. The van der Waals surface area contributed by atoms with E-state index in [-0.39, 0.29) is 0 Å². The van der Waals surface area contributed by atoms with Crippen molar-refractivity contribution < 1.29 is 4.74 Å². The summed E-state index contributed by atoms with van der Waals surface area (Å²) in [5.41, 5.74) is 5.71. The second-order valence-corrected chi connectivity index (χ2v) is 7.33. The van der Waals surface area contributed by atoms with Gasteiger partial charge in [0.15, 0.2) is 11.0 Å². The number of anilines is 1. The second-order valence-electron chi connectivity index (χ2n) is 6.19. The van der Waals surface area contributed by atoms with Gasteiger partial charge in [-0.3, -0.25) is 4.90 Å². The first-order valence-corrected chi connectivity index (χ1v) is 9.03. The van der Waals surface area contributed by atoms with Crippen molar-refractivity contribution in [2.24, 2.45) is 0 Å². The number of ether oxygens (including phenoxy) is 1. The summed E-state index contributed by atoms with van der Waals surface area (Å²) in [6.07, 6.45) is 4.92. The lowest BCUT2D eigenvalue weighted by molar-refractivity contribution is 0.0835. The topological polar surface area (TPSA) is 82.1 Å². The maximum absolute atomic E-state index is 5.71. The molecule has 0 atom stereocenters. The number of hydrogen-bond donors (Lipinski definition) is 1. The van der Waals surface area contributed by atoms with Crippen molar-refractivity contribution in [3.05, 3.63) is 22.7 Å². The zero-order valence-electron chi connectivity index (χ0n) is 13.1. The number of nitrogen functional groups attached to an aromatic ring is 1. The van der Waals surface area contributed by atoms with Crippen LogP contribution in [0.3, 0.4) is 0 Å². The molecule has 2 aliphatic rings. The van der Waals surface area contributed by atoms with E-state index in [0.717, 1.165) is 70.3 Å². The fraction of sp³-hybridized carbons (Fsp3) is 0.667. The number of hydrogen-bond acceptors (Lipinski definition) is 7. The van der Waals surface area contributed by atoms with E-state index in [0.29, 0.717) is 11.0 Å². The molecule has 2 N–H and O–H groups in total. The van der Waals surface area contributed by atoms with Crippen molar-refractivity contribution in [3.8, 4) is 0 Å². The lowest BCUT2D eigenvalue weighted by atomic mass is 10.00. The smallest absolute Gasteiger partial charge is 0.180 e. The Bertz CT molecular complexity index is 637. The number of nitrogens with two attached hydrogens (primary N) is 1. The maximum Gasteiger partial charge on any atom is 0.180 e. The van der Waals surface area contributed by atoms with Crippen LogP contribution in [0.25, 0.3) is 0 Å². The summed E-state index contributed by atoms with van der Waals surface area (Å²) in [5, 5.41) is 5.42. The zero-order chi connectivity index (χ0) is 15.6. The molecule has 0 radical (unpaired) electrons. The molecule has 0 amide bonds. The Morgan fingerprint density at radius 3 is 2.91 bits per heavy atom. The van der Waals surface area contributed by atoms with E-state index in [1.807, 2.05) is 6.20 Å². The zero-order valence-corrected chi connectivity index (χ0v) is 14.0. The molecular weight excluding hydrogens is 312 g/mol. The number of aromatic nitrogens is 4. The summed E-state index contributed by atoms with van der Waals surface area (Å²) in [4.78, 5) is 12.6. The molecule has 0 saturated carbocycles. The van der Waals surface area contributed by atoms with Crippen LogP contribution in [-0.2, 0) is 24.2 Å². The number of nitrogens with zero attached hydrogens (tertiary/aromatic N) is 5. The third kappa shape index (κ3) is 3.39. The summed E-state index contributed by atoms with van der Waals surface area (Å²) in [6.45, 7) is 5.47. The summed E-state index contributed by atoms with van der Waals surface area (Å²) >= 11 is 1.57. The molecule has 23 heavy (non-hydrogen) atoms. The highest BCUT2D eigenvalue weighted by Gasteiger charge is 2.24. The Balaban J connectivity index is 1.40. The molecule has 4 rings (SSSR count). The van der Waals surface area contributed by atoms with Crippen LogP contribution in [0.4, 0.5) is 5.13 Å². The Morgan fingerprint density at radius 1 is 1.26 bits per heavy atom. The van der Waals surface area contributed by atoms with Crippen molar-refractivity contribution in [2.75, 3.05) is 32.0 Å². The third-order valence-corrected chi connectivity index (χ3v) is 5.39. The Labute approximate surface area is 139 Å². The van der Waals surface area contributed by atoms with Gasteiger partial charge in [0.05, 0.1) is 6.54 Å². The van der Waals surface area contributed by atoms with Crippen molar-refractivity contribution in [2.45, 2.75) is 38.3 Å². The molecule has 2 aromatic rings. The van der Waals surface area contributed by atoms with Crippen molar-refractivity contribution in [3.63, 3.8) is 0 Å². The van der Waals surface area contributed by atoms with Crippen LogP contribution in [0.1, 0.15) is 35.3 Å². The van der Waals surface area contributed by atoms with E-state index in [4.69, 9.17) is 20.6 Å². The normalized spacial score (nSPS) is 20.3. The van der Waals surface area contributed by atoms with Gasteiger partial charge in [0.25, 0.3) is 0 Å². The summed E-state index contributed by atoms with van der Waals surface area (Å²) < 4.78 is 7.54. The van der Waals surface area contributed by atoms with Gasteiger partial charge in [0.2, 0.25) is 0 Å². The molecule has 7 nitrogen and oxygen atoms in total. The predicted molar refractivity (Wildman–Crippen MR) is 88.3 cm³/mol. The summed E-state index contributed by atoms with van der Waals surface area (Å²) in [7, 11) is 0. The molecule has 0 aromatic carbocycles. The molecule has 124 valence electrons. The molecule has 0 bridgehead atoms. The van der Waals surface area contributed by atoms with Crippen molar-refractivity contribution in [1.29, 1.82) is 0 Å². The standard InChI is InChI=1S/C15H22N6OS/c16-15-17-9-12(23-15)10-20-4-1-13-18-14(19-21(13)6-5-20)11-2-7-22-8-3-11/h9,11H,1-8,10H2,(H2,16,17). The van der Waals surface area contributed by atoms with Crippen LogP contribution in [-0.4, -0.2) is 51.0 Å². The first kappa shape index (κ1) is 15.0. The van der Waals surface area contributed by atoms with E-state index >= 15 is 0 Å². The fourth-order valence-corrected chi connectivity index (χ4v) is 3.99. The van der Waals surface area contributed by atoms with Crippen LogP contribution < -0.4 is 5.73 Å². The first-order chi connectivity index (χ1) is 11.3. The highest BCUT2D eigenvalue weighted by Crippen LogP contribution is 2.25. The molecule has 2 aromatic heterocycles. The van der Waals surface area contributed by atoms with Crippen LogP contribution in [0, 0.1) is 0 Å². The molecule has 0 unspecified atom stereocenters. The highest BCUT2D eigenvalue weighted by molar-refractivity contribution is 7.15. The average molecular weight is 334 g/mol. The van der Waals surface area contributed by atoms with E-state index < -0.39 is 0 Å². The molecular formula is C15H22N6OS. The first-order valence-electron chi connectivity index (χ1n) is 8.22. The fourth-order valence-electron chi connectivity index (χ4n) is 3.27. The van der Waals surface area contributed by atoms with E-state index in [9.17, 15) is 0 Å². The third-order valence-electron chi connectivity index (χ3n) is 4.58. The monoisotopic (exact) mass is 334 g/mol. The van der Waals surface area contributed by atoms with Gasteiger partial charge in [-0.25, -0.2) is 14.6 Å². The van der Waals surface area contributed by atoms with Crippen molar-refractivity contribution >= 4 is 16.5 Å². The molecule has 1 fully saturated rings. The summed E-state index contributed by atoms with van der Waals surface area (Å²) in [5.74, 6) is 2.62. The molecule has 0 spiro atoms. The highest BCUT2D eigenvalue weighted by atomic mass is 32.1. The van der Waals surface area contributed by atoms with Gasteiger partial charge in [-0.2, -0.15) is 5.10 Å². The number of thiazole rings is 1. The minimum atomic E-state index is 0.472. The lowest BCUT2D eigenvalue weighted by Gasteiger charge is -2.19. The molecule has 1 saturated heterocycles. The van der Waals surface area contributed by atoms with E-state index in [1.165, 1.54) is 4.88 Å². The number of rotatable bonds is 3. The lowest BCUT2D eigenvalue weighted by Crippen LogP contribution is -2.26. The van der Waals surface area contributed by atoms with Gasteiger partial charge in [0, 0.05) is 56.3 Å². The molecule has 8 heteroatoms. The quantitative estimate of drug-likeness (QED) is 0.910. The van der Waals surface area contributed by atoms with Crippen LogP contribution in [0.5, 0.6) is 0 Å². The van der Waals surface area contributed by atoms with Gasteiger partial charge < -0.3 is 10.5 Å². The van der Waals surface area contributed by atoms with Crippen LogP contribution in [0.2, 0.25) is 0 Å². The van der Waals surface area contributed by atoms with Gasteiger partial charge in [0.1, 0.15) is 5.82 Å².